The van der Waals surface area contributed by atoms with E-state index < -0.39 is 5.91 Å². The predicted molar refractivity (Wildman–Crippen MR) is 83.3 cm³/mol. The lowest BCUT2D eigenvalue weighted by Crippen LogP contribution is -2.10. The van der Waals surface area contributed by atoms with Crippen molar-refractivity contribution in [2.75, 3.05) is 0 Å². The number of rotatable bonds is 2. The van der Waals surface area contributed by atoms with Gasteiger partial charge in [-0.25, -0.2) is 4.98 Å². The van der Waals surface area contributed by atoms with Gasteiger partial charge in [0.1, 0.15) is 10.6 Å². The summed E-state index contributed by atoms with van der Waals surface area (Å²) in [7, 11) is 0. The van der Waals surface area contributed by atoms with Gasteiger partial charge in [-0.1, -0.05) is 30.3 Å². The number of primary amides is 1. The topological polar surface area (TPSA) is 69.1 Å². The van der Waals surface area contributed by atoms with Crippen LogP contribution in [0, 0.1) is 0 Å². The zero-order valence-electron chi connectivity index (χ0n) is 10.9. The molecule has 0 saturated carbocycles. The summed E-state index contributed by atoms with van der Waals surface area (Å²) >= 11 is 1.52. The van der Waals surface area contributed by atoms with Crippen LogP contribution >= 0.6 is 11.3 Å². The minimum atomic E-state index is -0.583. The molecule has 0 aliphatic heterocycles. The Balaban J connectivity index is 2.08. The van der Waals surface area contributed by atoms with E-state index in [9.17, 15) is 4.79 Å². The van der Waals surface area contributed by atoms with Crippen LogP contribution in [0.2, 0.25) is 0 Å². The SMILES string of the molecule is NC(=O)c1oc2ccccc2c1-c1nc2ccccc2s1. The number of hydrogen-bond acceptors (Lipinski definition) is 4. The number of thiazole rings is 1. The molecule has 4 rings (SSSR count). The number of aromatic nitrogens is 1. The first kappa shape index (κ1) is 12.1. The van der Waals surface area contributed by atoms with Crippen LogP contribution in [-0.2, 0) is 0 Å². The second-order valence-corrected chi connectivity index (χ2v) is 5.68. The average molecular weight is 294 g/mol. The smallest absolute Gasteiger partial charge is 0.285 e. The van der Waals surface area contributed by atoms with E-state index in [-0.39, 0.29) is 5.76 Å². The third-order valence-electron chi connectivity index (χ3n) is 3.33. The molecule has 2 N–H and O–H groups in total. The van der Waals surface area contributed by atoms with Crippen molar-refractivity contribution >= 4 is 38.4 Å². The van der Waals surface area contributed by atoms with Gasteiger partial charge in [0.05, 0.1) is 15.8 Å². The number of carbonyl (C=O) groups excluding carboxylic acids is 1. The van der Waals surface area contributed by atoms with Gasteiger partial charge in [-0.15, -0.1) is 11.3 Å². The highest BCUT2D eigenvalue weighted by atomic mass is 32.1. The molecule has 21 heavy (non-hydrogen) atoms. The van der Waals surface area contributed by atoms with Crippen molar-refractivity contribution in [1.29, 1.82) is 0 Å². The van der Waals surface area contributed by atoms with Crippen LogP contribution in [0.1, 0.15) is 10.6 Å². The minimum absolute atomic E-state index is 0.162. The fourth-order valence-electron chi connectivity index (χ4n) is 2.41. The molecule has 0 aliphatic carbocycles. The van der Waals surface area contributed by atoms with Crippen LogP contribution < -0.4 is 5.73 Å². The van der Waals surface area contributed by atoms with E-state index in [1.54, 1.807) is 0 Å². The second-order valence-electron chi connectivity index (χ2n) is 4.65. The fraction of sp³-hybridized carbons (Fsp3) is 0. The summed E-state index contributed by atoms with van der Waals surface area (Å²) < 4.78 is 6.67. The molecule has 4 aromatic rings. The summed E-state index contributed by atoms with van der Waals surface area (Å²) in [6.07, 6.45) is 0. The Hall–Kier alpha value is -2.66. The van der Waals surface area contributed by atoms with Crippen molar-refractivity contribution in [2.45, 2.75) is 0 Å². The van der Waals surface area contributed by atoms with Crippen molar-refractivity contribution in [3.63, 3.8) is 0 Å². The van der Waals surface area contributed by atoms with Crippen LogP contribution in [0.3, 0.4) is 0 Å². The molecule has 2 heterocycles. The summed E-state index contributed by atoms with van der Waals surface area (Å²) in [5, 5.41) is 1.60. The minimum Gasteiger partial charge on any atom is -0.450 e. The highest BCUT2D eigenvalue weighted by Crippen LogP contribution is 2.38. The Morgan fingerprint density at radius 1 is 1.10 bits per heavy atom. The second kappa shape index (κ2) is 4.43. The number of hydrogen-bond donors (Lipinski definition) is 1. The van der Waals surface area contributed by atoms with Gasteiger partial charge in [-0.3, -0.25) is 4.79 Å². The maximum atomic E-state index is 11.7. The lowest BCUT2D eigenvalue weighted by atomic mass is 10.1. The van der Waals surface area contributed by atoms with Gasteiger partial charge < -0.3 is 10.2 Å². The van der Waals surface area contributed by atoms with E-state index in [1.807, 2.05) is 48.5 Å². The Bertz CT molecular complexity index is 951. The van der Waals surface area contributed by atoms with Crippen molar-refractivity contribution < 1.29 is 9.21 Å². The summed E-state index contributed by atoms with van der Waals surface area (Å²) in [4.78, 5) is 16.3. The lowest BCUT2D eigenvalue weighted by molar-refractivity contribution is 0.0977. The van der Waals surface area contributed by atoms with E-state index >= 15 is 0 Å². The fourth-order valence-corrected chi connectivity index (χ4v) is 3.43. The Labute approximate surface area is 123 Å². The molecule has 0 saturated heterocycles. The molecule has 2 aromatic carbocycles. The van der Waals surface area contributed by atoms with Gasteiger partial charge >= 0.3 is 0 Å². The standard InChI is InChI=1S/C16H10N2O2S/c17-15(19)14-13(9-5-1-3-7-11(9)20-14)16-18-10-6-2-4-8-12(10)21-16/h1-8H,(H2,17,19). The Morgan fingerprint density at radius 3 is 2.67 bits per heavy atom. The highest BCUT2D eigenvalue weighted by molar-refractivity contribution is 7.21. The number of benzene rings is 2. The number of nitrogens with two attached hydrogens (primary N) is 1. The molecule has 5 heteroatoms. The number of carbonyl (C=O) groups is 1. The Kier molecular flexibility index (Phi) is 2.55. The molecular weight excluding hydrogens is 284 g/mol. The maximum Gasteiger partial charge on any atom is 0.285 e. The van der Waals surface area contributed by atoms with Gasteiger partial charge in [0.15, 0.2) is 0 Å². The quantitative estimate of drug-likeness (QED) is 0.611. The third-order valence-corrected chi connectivity index (χ3v) is 4.38. The average Bonchev–Trinajstić information content (AvgIpc) is 3.07. The molecule has 0 spiro atoms. The molecule has 0 aliphatic rings. The Morgan fingerprint density at radius 2 is 1.86 bits per heavy atom. The molecule has 0 radical (unpaired) electrons. The third kappa shape index (κ3) is 1.82. The van der Waals surface area contributed by atoms with Crippen LogP contribution in [0.4, 0.5) is 0 Å². The van der Waals surface area contributed by atoms with Crippen molar-refractivity contribution in [2.24, 2.45) is 5.73 Å². The van der Waals surface area contributed by atoms with Gasteiger partial charge in [0, 0.05) is 5.39 Å². The van der Waals surface area contributed by atoms with Crippen molar-refractivity contribution in [3.8, 4) is 10.6 Å². The zero-order valence-corrected chi connectivity index (χ0v) is 11.7. The highest BCUT2D eigenvalue weighted by Gasteiger charge is 2.22. The molecule has 1 amide bonds. The number of nitrogens with zero attached hydrogens (tertiary/aromatic N) is 1. The molecule has 0 fully saturated rings. The van der Waals surface area contributed by atoms with E-state index in [4.69, 9.17) is 10.2 Å². The van der Waals surface area contributed by atoms with Crippen molar-refractivity contribution in [1.82, 2.24) is 4.98 Å². The van der Waals surface area contributed by atoms with E-state index in [0.29, 0.717) is 11.1 Å². The molecule has 0 bridgehead atoms. The molecule has 0 atom stereocenters. The predicted octanol–water partition coefficient (Wildman–Crippen LogP) is 3.81. The van der Waals surface area contributed by atoms with Gasteiger partial charge in [-0.05, 0) is 18.2 Å². The molecule has 2 aromatic heterocycles. The number of amides is 1. The summed E-state index contributed by atoms with van der Waals surface area (Å²) in [5.41, 5.74) is 7.67. The van der Waals surface area contributed by atoms with E-state index in [0.717, 1.165) is 20.6 Å². The van der Waals surface area contributed by atoms with Crippen LogP contribution in [0.5, 0.6) is 0 Å². The molecule has 102 valence electrons. The number of para-hydroxylation sites is 2. The van der Waals surface area contributed by atoms with Gasteiger partial charge in [0.2, 0.25) is 5.76 Å². The first-order valence-corrected chi connectivity index (χ1v) is 7.23. The van der Waals surface area contributed by atoms with Gasteiger partial charge in [0.25, 0.3) is 5.91 Å². The lowest BCUT2D eigenvalue weighted by Gasteiger charge is -1.94. The number of furan rings is 1. The monoisotopic (exact) mass is 294 g/mol. The van der Waals surface area contributed by atoms with Crippen molar-refractivity contribution in [3.05, 3.63) is 54.3 Å². The first-order chi connectivity index (χ1) is 10.2. The molecular formula is C16H10N2O2S. The summed E-state index contributed by atoms with van der Waals surface area (Å²) in [5.74, 6) is -0.421. The van der Waals surface area contributed by atoms with Crippen LogP contribution in [-0.4, -0.2) is 10.9 Å². The van der Waals surface area contributed by atoms with E-state index in [1.165, 1.54) is 11.3 Å². The molecule has 0 unspecified atom stereocenters. The molecule has 4 nitrogen and oxygen atoms in total. The van der Waals surface area contributed by atoms with Crippen LogP contribution in [0.15, 0.2) is 52.9 Å². The largest absolute Gasteiger partial charge is 0.450 e. The summed E-state index contributed by atoms with van der Waals surface area (Å²) in [6, 6.07) is 15.3. The van der Waals surface area contributed by atoms with Crippen LogP contribution in [0.25, 0.3) is 31.8 Å². The zero-order chi connectivity index (χ0) is 14.4. The van der Waals surface area contributed by atoms with E-state index in [2.05, 4.69) is 4.98 Å². The first-order valence-electron chi connectivity index (χ1n) is 6.41. The normalized spacial score (nSPS) is 11.2. The number of fused-ring (bicyclic) bond motifs is 2. The maximum absolute atomic E-state index is 11.7. The summed E-state index contributed by atoms with van der Waals surface area (Å²) in [6.45, 7) is 0. The van der Waals surface area contributed by atoms with Gasteiger partial charge in [-0.2, -0.15) is 0 Å².